The first-order valence-electron chi connectivity index (χ1n) is 9.54. The van der Waals surface area contributed by atoms with Crippen molar-refractivity contribution in [3.63, 3.8) is 0 Å². The maximum absolute atomic E-state index is 14.8. The second kappa shape index (κ2) is 7.03. The molecule has 0 radical (unpaired) electrons. The highest BCUT2D eigenvalue weighted by molar-refractivity contribution is 8.14. The molecule has 3 aromatic rings. The number of thioether (sulfide) groups is 1. The van der Waals surface area contributed by atoms with Gasteiger partial charge >= 0.3 is 0 Å². The highest BCUT2D eigenvalue weighted by Gasteiger charge is 2.58. The predicted molar refractivity (Wildman–Crippen MR) is 112 cm³/mol. The minimum atomic E-state index is -1.26. The van der Waals surface area contributed by atoms with Crippen LogP contribution in [0.4, 0.5) is 8.78 Å². The van der Waals surface area contributed by atoms with Gasteiger partial charge in [0.15, 0.2) is 5.17 Å². The third-order valence-electron chi connectivity index (χ3n) is 5.80. The highest BCUT2D eigenvalue weighted by atomic mass is 32.2. The minimum absolute atomic E-state index is 0.0497. The number of hydrogen-bond acceptors (Lipinski definition) is 6. The smallest absolute Gasteiger partial charge is 0.155 e. The van der Waals surface area contributed by atoms with Gasteiger partial charge in [-0.2, -0.15) is 5.26 Å². The number of aliphatic imine (C=N–C) groups is 1. The van der Waals surface area contributed by atoms with Crippen molar-refractivity contribution in [3.8, 4) is 6.07 Å². The van der Waals surface area contributed by atoms with Crippen LogP contribution in [-0.4, -0.2) is 27.1 Å². The van der Waals surface area contributed by atoms with Crippen molar-refractivity contribution in [2.45, 2.75) is 23.6 Å². The van der Waals surface area contributed by atoms with E-state index in [-0.39, 0.29) is 16.7 Å². The number of nitrogens with zero attached hydrogens (tertiary/aromatic N) is 4. The van der Waals surface area contributed by atoms with Crippen molar-refractivity contribution >= 4 is 27.8 Å². The van der Waals surface area contributed by atoms with Gasteiger partial charge in [0.2, 0.25) is 0 Å². The van der Waals surface area contributed by atoms with E-state index in [4.69, 9.17) is 11.0 Å². The van der Waals surface area contributed by atoms with Gasteiger partial charge in [0.25, 0.3) is 0 Å². The maximum Gasteiger partial charge on any atom is 0.155 e. The zero-order valence-electron chi connectivity index (χ0n) is 15.8. The Labute approximate surface area is 176 Å². The molecule has 5 nitrogen and oxygen atoms in total. The number of amidine groups is 1. The van der Waals surface area contributed by atoms with E-state index in [9.17, 15) is 8.78 Å². The third kappa shape index (κ3) is 3.01. The molecule has 2 aliphatic rings. The summed E-state index contributed by atoms with van der Waals surface area (Å²) in [6, 6.07) is 10.3. The molecule has 2 N–H and O–H groups in total. The van der Waals surface area contributed by atoms with Crippen molar-refractivity contribution in [1.82, 2.24) is 9.97 Å². The Morgan fingerprint density at radius 3 is 2.93 bits per heavy atom. The summed E-state index contributed by atoms with van der Waals surface area (Å²) in [4.78, 5) is 13.2. The van der Waals surface area contributed by atoms with Crippen LogP contribution in [0.25, 0.3) is 10.9 Å². The molecule has 0 spiro atoms. The zero-order valence-corrected chi connectivity index (χ0v) is 16.7. The van der Waals surface area contributed by atoms with Crippen LogP contribution in [0.15, 0.2) is 47.7 Å². The first kappa shape index (κ1) is 18.9. The Bertz CT molecular complexity index is 1240. The van der Waals surface area contributed by atoms with Crippen molar-refractivity contribution in [1.29, 1.82) is 5.26 Å². The number of hydrogen-bond donors (Lipinski definition) is 1. The van der Waals surface area contributed by atoms with Crippen molar-refractivity contribution in [3.05, 3.63) is 70.9 Å². The van der Waals surface area contributed by atoms with Crippen LogP contribution in [0, 0.1) is 23.1 Å². The number of rotatable bonds is 4. The topological polar surface area (TPSA) is 88.0 Å². The Morgan fingerprint density at radius 2 is 2.13 bits per heavy atom. The van der Waals surface area contributed by atoms with Crippen molar-refractivity contribution in [2.75, 3.05) is 6.67 Å². The number of halogens is 2. The van der Waals surface area contributed by atoms with Crippen LogP contribution < -0.4 is 5.73 Å². The van der Waals surface area contributed by atoms with Crippen molar-refractivity contribution in [2.24, 2.45) is 16.6 Å². The maximum atomic E-state index is 14.8. The van der Waals surface area contributed by atoms with E-state index < -0.39 is 18.0 Å². The molecule has 2 aromatic heterocycles. The lowest BCUT2D eigenvalue weighted by atomic mass is 9.85. The fourth-order valence-corrected chi connectivity index (χ4v) is 5.46. The van der Waals surface area contributed by atoms with E-state index in [2.05, 4.69) is 21.0 Å². The molecule has 1 saturated carbocycles. The summed E-state index contributed by atoms with van der Waals surface area (Å²) in [7, 11) is 0. The van der Waals surface area contributed by atoms with E-state index in [1.165, 1.54) is 24.0 Å². The molecule has 30 heavy (non-hydrogen) atoms. The first-order valence-corrected chi connectivity index (χ1v) is 10.4. The van der Waals surface area contributed by atoms with Gasteiger partial charge in [0.05, 0.1) is 16.8 Å². The molecule has 0 bridgehead atoms. The SMILES string of the molecule is N#Cc1cnc2c(Cc3ccc(F)c([C@@]4(CF)N=C(N)S[C@H]5C[C@@H]54)c3)nccc2c1. The summed E-state index contributed by atoms with van der Waals surface area (Å²) in [5.74, 6) is -0.528. The van der Waals surface area contributed by atoms with Gasteiger partial charge in [-0.3, -0.25) is 9.97 Å². The van der Waals surface area contributed by atoms with E-state index in [1.54, 1.807) is 30.5 Å². The van der Waals surface area contributed by atoms with Crippen molar-refractivity contribution < 1.29 is 8.78 Å². The largest absolute Gasteiger partial charge is 0.379 e. The molecule has 0 saturated heterocycles. The van der Waals surface area contributed by atoms with Crippen LogP contribution in [0.1, 0.15) is 28.8 Å². The summed E-state index contributed by atoms with van der Waals surface area (Å²) in [5.41, 5.74) is 7.55. The summed E-state index contributed by atoms with van der Waals surface area (Å²) >= 11 is 1.44. The molecule has 1 aromatic carbocycles. The van der Waals surface area contributed by atoms with Gasteiger partial charge in [-0.25, -0.2) is 13.8 Å². The van der Waals surface area contributed by atoms with Gasteiger partial charge < -0.3 is 5.73 Å². The number of nitrogens with two attached hydrogens (primary N) is 1. The van der Waals surface area contributed by atoms with E-state index in [1.807, 2.05) is 0 Å². The average molecular weight is 421 g/mol. The molecule has 0 unspecified atom stereocenters. The number of alkyl halides is 1. The molecule has 1 aliphatic carbocycles. The Kier molecular flexibility index (Phi) is 4.44. The van der Waals surface area contributed by atoms with Gasteiger partial charge in [-0.1, -0.05) is 17.8 Å². The Morgan fingerprint density at radius 1 is 1.27 bits per heavy atom. The van der Waals surface area contributed by atoms with Crippen LogP contribution in [0.3, 0.4) is 0 Å². The number of fused-ring (bicyclic) bond motifs is 2. The van der Waals surface area contributed by atoms with Gasteiger partial charge in [-0.05, 0) is 36.2 Å². The summed E-state index contributed by atoms with van der Waals surface area (Å²) in [5, 5.41) is 10.4. The van der Waals surface area contributed by atoms with E-state index in [0.29, 0.717) is 28.4 Å². The van der Waals surface area contributed by atoms with Crippen LogP contribution in [0.2, 0.25) is 0 Å². The number of aromatic nitrogens is 2. The minimum Gasteiger partial charge on any atom is -0.379 e. The number of benzene rings is 1. The summed E-state index contributed by atoms with van der Waals surface area (Å²) in [6.07, 6.45) is 4.34. The first-order chi connectivity index (χ1) is 14.5. The third-order valence-corrected chi connectivity index (χ3v) is 6.96. The Balaban J connectivity index is 1.56. The molecule has 0 amide bonds. The lowest BCUT2D eigenvalue weighted by molar-refractivity contribution is 0.271. The highest BCUT2D eigenvalue weighted by Crippen LogP contribution is 2.58. The van der Waals surface area contributed by atoms with Gasteiger partial charge in [0, 0.05) is 40.9 Å². The van der Waals surface area contributed by atoms with Crippen LogP contribution >= 0.6 is 11.8 Å². The monoisotopic (exact) mass is 421 g/mol. The molecule has 150 valence electrons. The molecular weight excluding hydrogens is 404 g/mol. The zero-order chi connectivity index (χ0) is 20.9. The normalized spacial score (nSPS) is 24.8. The fraction of sp³-hybridized carbons (Fsp3) is 0.273. The van der Waals surface area contributed by atoms with E-state index in [0.717, 1.165) is 17.4 Å². The molecule has 3 atom stereocenters. The van der Waals surface area contributed by atoms with Gasteiger partial charge in [-0.15, -0.1) is 0 Å². The molecule has 1 fully saturated rings. The van der Waals surface area contributed by atoms with Gasteiger partial charge in [0.1, 0.15) is 24.1 Å². The fourth-order valence-electron chi connectivity index (χ4n) is 4.24. The quantitative estimate of drug-likeness (QED) is 0.691. The lowest BCUT2D eigenvalue weighted by Gasteiger charge is -2.31. The second-order valence-electron chi connectivity index (χ2n) is 7.66. The number of pyridine rings is 2. The van der Waals surface area contributed by atoms with Crippen LogP contribution in [0.5, 0.6) is 0 Å². The Hall–Kier alpha value is -3.05. The molecule has 8 heteroatoms. The standard InChI is InChI=1S/C22H17F2N5S/c23-11-22(16-8-19(16)30-21(26)29-22)15-6-12(1-2-17(15)24)7-18-20-14(3-4-27-18)5-13(9-25)10-28-20/h1-6,10,16,19H,7-8,11H2,(H2,26,29)/t16-,19-,22+/m0/s1. The molecule has 5 rings (SSSR count). The summed E-state index contributed by atoms with van der Waals surface area (Å²) in [6.45, 7) is -0.791. The average Bonchev–Trinajstić information content (AvgIpc) is 3.54. The predicted octanol–water partition coefficient (Wildman–Crippen LogP) is 3.85. The van der Waals surface area contributed by atoms with E-state index >= 15 is 0 Å². The molecular formula is C22H17F2N5S. The summed E-state index contributed by atoms with van der Waals surface area (Å²) < 4.78 is 29.1. The second-order valence-corrected chi connectivity index (χ2v) is 8.92. The molecule has 1 aliphatic heterocycles. The van der Waals surface area contributed by atoms with Crippen LogP contribution in [-0.2, 0) is 12.0 Å². The molecule has 3 heterocycles. The number of nitriles is 1. The lowest BCUT2D eigenvalue weighted by Crippen LogP contribution is -2.36.